The second kappa shape index (κ2) is 4.52. The summed E-state index contributed by atoms with van der Waals surface area (Å²) in [6, 6.07) is 2.22. The van der Waals surface area contributed by atoms with Crippen LogP contribution in [0.4, 0.5) is 8.78 Å². The van der Waals surface area contributed by atoms with Crippen LogP contribution < -0.4 is 0 Å². The Morgan fingerprint density at radius 2 is 1.81 bits per heavy atom. The summed E-state index contributed by atoms with van der Waals surface area (Å²) in [7, 11) is 0. The minimum Gasteiger partial charge on any atom is -0.507 e. The van der Waals surface area contributed by atoms with Gasteiger partial charge in [-0.15, -0.1) is 0 Å². The van der Waals surface area contributed by atoms with Crippen molar-refractivity contribution < 1.29 is 28.6 Å². The molecule has 1 aromatic carbocycles. The molecule has 4 nitrogen and oxygen atoms in total. The van der Waals surface area contributed by atoms with Crippen molar-refractivity contribution in [3.05, 3.63) is 41.5 Å². The van der Waals surface area contributed by atoms with Crippen molar-refractivity contribution in [2.75, 3.05) is 0 Å². The standard InChI is InChI=1S/C10H6F2O4/c11-5-1-2-7(12)6(3-5)8(13)4-9(14)10(15)16/h1-4,13H,(H,15,16). The average molecular weight is 228 g/mol. The molecule has 0 aliphatic carbocycles. The molecule has 0 atom stereocenters. The maximum atomic E-state index is 13.0. The van der Waals surface area contributed by atoms with Crippen LogP contribution in [0.3, 0.4) is 0 Å². The molecule has 2 N–H and O–H groups in total. The van der Waals surface area contributed by atoms with Gasteiger partial charge in [0.25, 0.3) is 5.78 Å². The second-order valence-electron chi connectivity index (χ2n) is 2.82. The van der Waals surface area contributed by atoms with Crippen LogP contribution in [0.2, 0.25) is 0 Å². The zero-order valence-corrected chi connectivity index (χ0v) is 7.78. The maximum Gasteiger partial charge on any atom is 0.376 e. The van der Waals surface area contributed by atoms with Crippen LogP contribution in [0.1, 0.15) is 5.56 Å². The third kappa shape index (κ3) is 2.63. The Kier molecular flexibility index (Phi) is 3.34. The van der Waals surface area contributed by atoms with Crippen LogP contribution in [0.25, 0.3) is 5.76 Å². The van der Waals surface area contributed by atoms with E-state index in [9.17, 15) is 23.5 Å². The molecule has 0 spiro atoms. The molecule has 6 heteroatoms. The van der Waals surface area contributed by atoms with Crippen LogP contribution in [-0.2, 0) is 9.59 Å². The summed E-state index contributed by atoms with van der Waals surface area (Å²) >= 11 is 0. The fraction of sp³-hybridized carbons (Fsp3) is 0. The topological polar surface area (TPSA) is 74.6 Å². The number of carboxylic acids is 1. The van der Waals surface area contributed by atoms with E-state index in [1.165, 1.54) is 0 Å². The summed E-state index contributed by atoms with van der Waals surface area (Å²) in [5.41, 5.74) is -0.574. The Morgan fingerprint density at radius 1 is 1.19 bits per heavy atom. The van der Waals surface area contributed by atoms with E-state index in [-0.39, 0.29) is 0 Å². The molecule has 0 amide bonds. The van der Waals surface area contributed by atoms with E-state index < -0.39 is 34.7 Å². The Bertz CT molecular complexity index is 480. The first-order chi connectivity index (χ1) is 7.41. The van der Waals surface area contributed by atoms with Gasteiger partial charge in [0.2, 0.25) is 0 Å². The highest BCUT2D eigenvalue weighted by molar-refractivity contribution is 6.38. The summed E-state index contributed by atoms with van der Waals surface area (Å²) in [4.78, 5) is 20.8. The van der Waals surface area contributed by atoms with E-state index in [1.807, 2.05) is 0 Å². The SMILES string of the molecule is O=C(O)C(=O)C=C(O)c1cc(F)ccc1F. The zero-order chi connectivity index (χ0) is 12.3. The molecule has 0 bridgehead atoms. The number of hydrogen-bond acceptors (Lipinski definition) is 3. The minimum absolute atomic E-state index is 0.306. The fourth-order valence-corrected chi connectivity index (χ4v) is 0.957. The number of benzene rings is 1. The van der Waals surface area contributed by atoms with Crippen LogP contribution in [0, 0.1) is 11.6 Å². The van der Waals surface area contributed by atoms with E-state index in [2.05, 4.69) is 0 Å². The van der Waals surface area contributed by atoms with Gasteiger partial charge < -0.3 is 10.2 Å². The van der Waals surface area contributed by atoms with Crippen LogP contribution in [0.15, 0.2) is 24.3 Å². The highest BCUT2D eigenvalue weighted by Gasteiger charge is 2.13. The van der Waals surface area contributed by atoms with Crippen molar-refractivity contribution in [2.24, 2.45) is 0 Å². The molecule has 0 aromatic heterocycles. The van der Waals surface area contributed by atoms with Crippen molar-refractivity contribution in [1.29, 1.82) is 0 Å². The predicted octanol–water partition coefficient (Wildman–Crippen LogP) is 1.52. The zero-order valence-electron chi connectivity index (χ0n) is 7.78. The monoisotopic (exact) mass is 228 g/mol. The molecule has 0 aliphatic heterocycles. The second-order valence-corrected chi connectivity index (χ2v) is 2.82. The van der Waals surface area contributed by atoms with E-state index in [0.717, 1.165) is 12.1 Å². The van der Waals surface area contributed by atoms with Gasteiger partial charge in [-0.05, 0) is 18.2 Å². The Morgan fingerprint density at radius 3 is 2.38 bits per heavy atom. The summed E-state index contributed by atoms with van der Waals surface area (Å²) in [5, 5.41) is 17.4. The summed E-state index contributed by atoms with van der Waals surface area (Å²) < 4.78 is 25.7. The van der Waals surface area contributed by atoms with Crippen LogP contribution in [0.5, 0.6) is 0 Å². The number of rotatable bonds is 3. The summed E-state index contributed by atoms with van der Waals surface area (Å²) in [5.74, 6) is -5.96. The largest absolute Gasteiger partial charge is 0.507 e. The molecule has 1 rings (SSSR count). The molecular weight excluding hydrogens is 222 g/mol. The Balaban J connectivity index is 3.14. The van der Waals surface area contributed by atoms with Crippen molar-refractivity contribution in [2.45, 2.75) is 0 Å². The third-order valence-corrected chi connectivity index (χ3v) is 1.68. The van der Waals surface area contributed by atoms with Gasteiger partial charge >= 0.3 is 5.97 Å². The van der Waals surface area contributed by atoms with Gasteiger partial charge in [-0.2, -0.15) is 0 Å². The highest BCUT2D eigenvalue weighted by atomic mass is 19.1. The molecule has 0 unspecified atom stereocenters. The third-order valence-electron chi connectivity index (χ3n) is 1.68. The van der Waals surface area contributed by atoms with Gasteiger partial charge in [0.1, 0.15) is 17.4 Å². The molecular formula is C10H6F2O4. The van der Waals surface area contributed by atoms with E-state index in [1.54, 1.807) is 0 Å². The molecule has 0 fully saturated rings. The number of aliphatic hydroxyl groups is 1. The molecule has 1 aromatic rings. The van der Waals surface area contributed by atoms with E-state index in [4.69, 9.17) is 5.11 Å². The number of carboxylic acid groups (broad SMARTS) is 1. The number of ketones is 1. The first-order valence-corrected chi connectivity index (χ1v) is 4.05. The first kappa shape index (κ1) is 11.8. The molecule has 0 aliphatic rings. The number of halogens is 2. The summed E-state index contributed by atoms with van der Waals surface area (Å²) in [6.07, 6.45) is 0.306. The van der Waals surface area contributed by atoms with E-state index >= 15 is 0 Å². The molecule has 84 valence electrons. The highest BCUT2D eigenvalue weighted by Crippen LogP contribution is 2.17. The molecule has 16 heavy (non-hydrogen) atoms. The Hall–Kier alpha value is -2.24. The fourth-order valence-electron chi connectivity index (χ4n) is 0.957. The quantitative estimate of drug-likeness (QED) is 0.467. The van der Waals surface area contributed by atoms with Crippen molar-refractivity contribution in [3.63, 3.8) is 0 Å². The van der Waals surface area contributed by atoms with Gasteiger partial charge in [0, 0.05) is 6.08 Å². The van der Waals surface area contributed by atoms with Gasteiger partial charge in [-0.25, -0.2) is 13.6 Å². The lowest BCUT2D eigenvalue weighted by atomic mass is 10.1. The van der Waals surface area contributed by atoms with E-state index in [0.29, 0.717) is 12.1 Å². The van der Waals surface area contributed by atoms with Gasteiger partial charge in [0.05, 0.1) is 5.56 Å². The molecule has 0 radical (unpaired) electrons. The van der Waals surface area contributed by atoms with Gasteiger partial charge in [-0.3, -0.25) is 4.79 Å². The lowest BCUT2D eigenvalue weighted by Gasteiger charge is -2.01. The number of aliphatic hydroxyl groups excluding tert-OH is 1. The van der Waals surface area contributed by atoms with Gasteiger partial charge in [-0.1, -0.05) is 0 Å². The minimum atomic E-state index is -1.80. The normalized spacial score (nSPS) is 11.2. The maximum absolute atomic E-state index is 13.0. The predicted molar refractivity (Wildman–Crippen MR) is 49.6 cm³/mol. The number of carbonyl (C=O) groups is 2. The van der Waals surface area contributed by atoms with Crippen molar-refractivity contribution in [3.8, 4) is 0 Å². The number of carbonyl (C=O) groups excluding carboxylic acids is 1. The number of hydrogen-bond donors (Lipinski definition) is 2. The molecule has 0 saturated carbocycles. The first-order valence-electron chi connectivity index (χ1n) is 4.05. The van der Waals surface area contributed by atoms with Crippen molar-refractivity contribution >= 4 is 17.5 Å². The van der Waals surface area contributed by atoms with Gasteiger partial charge in [0.15, 0.2) is 0 Å². The molecule has 0 saturated heterocycles. The van der Waals surface area contributed by atoms with Crippen LogP contribution in [-0.4, -0.2) is 22.0 Å². The lowest BCUT2D eigenvalue weighted by Crippen LogP contribution is -2.09. The Labute approximate surface area is 88.4 Å². The van der Waals surface area contributed by atoms with Crippen LogP contribution >= 0.6 is 0 Å². The number of aliphatic carboxylic acids is 1. The molecule has 0 heterocycles. The summed E-state index contributed by atoms with van der Waals surface area (Å²) in [6.45, 7) is 0. The smallest absolute Gasteiger partial charge is 0.376 e. The van der Waals surface area contributed by atoms with Crippen molar-refractivity contribution in [1.82, 2.24) is 0 Å². The lowest BCUT2D eigenvalue weighted by molar-refractivity contribution is -0.146. The average Bonchev–Trinajstić information content (AvgIpc) is 2.21.